The topological polar surface area (TPSA) is 102 Å². The average Bonchev–Trinajstić information content (AvgIpc) is 2.54. The van der Waals surface area contributed by atoms with E-state index in [0.29, 0.717) is 5.69 Å². The Labute approximate surface area is 103 Å². The Bertz CT molecular complexity index is 474. The van der Waals surface area contributed by atoms with Crippen LogP contribution in [0.2, 0.25) is 0 Å². The van der Waals surface area contributed by atoms with Crippen molar-refractivity contribution in [1.29, 1.82) is 0 Å². The lowest BCUT2D eigenvalue weighted by Gasteiger charge is -2.19. The summed E-state index contributed by atoms with van der Waals surface area (Å²) in [6, 6.07) is 8.41. The Hall–Kier alpha value is -1.96. The molecule has 7 heteroatoms. The van der Waals surface area contributed by atoms with Gasteiger partial charge in [-0.15, -0.1) is 0 Å². The molecule has 1 aromatic carbocycles. The molecule has 0 radical (unpaired) electrons. The lowest BCUT2D eigenvalue weighted by atomic mass is 10.2. The van der Waals surface area contributed by atoms with Crippen LogP contribution < -0.4 is 15.8 Å². The summed E-state index contributed by atoms with van der Waals surface area (Å²) in [5.41, 5.74) is 2.98. The summed E-state index contributed by atoms with van der Waals surface area (Å²) >= 11 is 0. The molecule has 0 spiro atoms. The number of aliphatic hydroxyl groups is 2. The molecule has 1 unspecified atom stereocenters. The Balaban J connectivity index is 2.27. The summed E-state index contributed by atoms with van der Waals surface area (Å²) in [6.45, 7) is 1.22. The number of benzene rings is 1. The lowest BCUT2D eigenvalue weighted by Crippen LogP contribution is -2.56. The van der Waals surface area contributed by atoms with Crippen molar-refractivity contribution in [2.45, 2.75) is 18.9 Å². The largest absolute Gasteiger partial charge is 0.355 e. The third kappa shape index (κ3) is 2.06. The van der Waals surface area contributed by atoms with E-state index >= 15 is 0 Å². The summed E-state index contributed by atoms with van der Waals surface area (Å²) < 4.78 is 0. The first kappa shape index (κ1) is 12.5. The van der Waals surface area contributed by atoms with Gasteiger partial charge >= 0.3 is 5.91 Å². The van der Waals surface area contributed by atoms with Crippen LogP contribution in [0.3, 0.4) is 0 Å². The average molecular weight is 251 g/mol. The van der Waals surface area contributed by atoms with E-state index in [-0.39, 0.29) is 0 Å². The van der Waals surface area contributed by atoms with E-state index < -0.39 is 23.8 Å². The fourth-order valence-electron chi connectivity index (χ4n) is 1.67. The summed E-state index contributed by atoms with van der Waals surface area (Å²) in [4.78, 5) is 22.8. The summed E-state index contributed by atoms with van der Waals surface area (Å²) in [5, 5.41) is 22.6. The molecule has 1 aromatic rings. The quantitative estimate of drug-likeness (QED) is 0.488. The van der Waals surface area contributed by atoms with Gasteiger partial charge in [0.2, 0.25) is 5.91 Å². The zero-order valence-corrected chi connectivity index (χ0v) is 9.62. The van der Waals surface area contributed by atoms with Crippen LogP contribution in [0.15, 0.2) is 30.3 Å². The number of carbonyl (C=O) groups excluding carboxylic acids is 2. The number of carbonyl (C=O) groups is 2. The highest BCUT2D eigenvalue weighted by Gasteiger charge is 2.53. The minimum atomic E-state index is -2.68. The smallest absolute Gasteiger partial charge is 0.305 e. The van der Waals surface area contributed by atoms with Crippen molar-refractivity contribution in [1.82, 2.24) is 10.7 Å². The summed E-state index contributed by atoms with van der Waals surface area (Å²) in [6.07, 6.45) is -1.29. The van der Waals surface area contributed by atoms with Crippen molar-refractivity contribution in [3.63, 3.8) is 0 Å². The standard InChI is InChI=1S/C11H13N3O4/c1-7(15)12-9-11(17,18)10(16)14(13-9)8-5-3-2-4-6-8/h2-6,9,13,17-18H,1H3,(H,12,15). The van der Waals surface area contributed by atoms with E-state index in [1.807, 2.05) is 0 Å². The first-order valence-corrected chi connectivity index (χ1v) is 5.30. The predicted octanol–water partition coefficient (Wildman–Crippen LogP) is -1.32. The van der Waals surface area contributed by atoms with Crippen LogP contribution >= 0.6 is 0 Å². The van der Waals surface area contributed by atoms with E-state index in [1.165, 1.54) is 6.92 Å². The number of hydrogen-bond donors (Lipinski definition) is 4. The van der Waals surface area contributed by atoms with Gasteiger partial charge in [-0.25, -0.2) is 5.01 Å². The Kier molecular flexibility index (Phi) is 3.04. The molecule has 1 aliphatic rings. The summed E-state index contributed by atoms with van der Waals surface area (Å²) in [7, 11) is 0. The van der Waals surface area contributed by atoms with Crippen molar-refractivity contribution < 1.29 is 19.8 Å². The third-order valence-electron chi connectivity index (χ3n) is 2.54. The third-order valence-corrected chi connectivity index (χ3v) is 2.54. The molecule has 2 rings (SSSR count). The molecule has 1 saturated heterocycles. The molecule has 96 valence electrons. The van der Waals surface area contributed by atoms with Gasteiger partial charge in [-0.05, 0) is 12.1 Å². The van der Waals surface area contributed by atoms with Crippen LogP contribution in [0.5, 0.6) is 0 Å². The zero-order valence-electron chi connectivity index (χ0n) is 9.62. The van der Waals surface area contributed by atoms with E-state index in [1.54, 1.807) is 30.3 Å². The summed E-state index contributed by atoms with van der Waals surface area (Å²) in [5.74, 6) is -4.11. The molecular formula is C11H13N3O4. The predicted molar refractivity (Wildman–Crippen MR) is 61.8 cm³/mol. The van der Waals surface area contributed by atoms with Gasteiger partial charge < -0.3 is 15.5 Å². The molecule has 1 atom stereocenters. The van der Waals surface area contributed by atoms with E-state index in [9.17, 15) is 19.8 Å². The molecule has 1 fully saturated rings. The van der Waals surface area contributed by atoms with Crippen molar-refractivity contribution in [3.05, 3.63) is 30.3 Å². The second-order valence-electron chi connectivity index (χ2n) is 3.96. The van der Waals surface area contributed by atoms with Crippen LogP contribution in [0.1, 0.15) is 6.92 Å². The highest BCUT2D eigenvalue weighted by molar-refractivity contribution is 6.00. The fourth-order valence-corrected chi connectivity index (χ4v) is 1.67. The van der Waals surface area contributed by atoms with E-state index in [0.717, 1.165) is 5.01 Å². The van der Waals surface area contributed by atoms with Gasteiger partial charge in [-0.1, -0.05) is 18.2 Å². The molecular weight excluding hydrogens is 238 g/mol. The maximum atomic E-state index is 11.8. The molecule has 1 heterocycles. The van der Waals surface area contributed by atoms with Gasteiger partial charge in [0.25, 0.3) is 5.79 Å². The number of para-hydroxylation sites is 1. The van der Waals surface area contributed by atoms with Crippen molar-refractivity contribution >= 4 is 17.5 Å². The number of amides is 2. The molecule has 0 aliphatic carbocycles. The lowest BCUT2D eigenvalue weighted by molar-refractivity contribution is -0.184. The molecule has 2 amide bonds. The second-order valence-corrected chi connectivity index (χ2v) is 3.96. The van der Waals surface area contributed by atoms with Gasteiger partial charge in [0, 0.05) is 6.92 Å². The molecule has 18 heavy (non-hydrogen) atoms. The minimum Gasteiger partial charge on any atom is -0.355 e. The van der Waals surface area contributed by atoms with Crippen molar-refractivity contribution in [2.75, 3.05) is 5.01 Å². The fraction of sp³-hybridized carbons (Fsp3) is 0.273. The Morgan fingerprint density at radius 2 is 2.00 bits per heavy atom. The van der Waals surface area contributed by atoms with Crippen LogP contribution in [-0.4, -0.2) is 34.0 Å². The maximum absolute atomic E-state index is 11.8. The second kappa shape index (κ2) is 4.37. The van der Waals surface area contributed by atoms with Crippen molar-refractivity contribution in [2.24, 2.45) is 0 Å². The van der Waals surface area contributed by atoms with Gasteiger partial charge in [-0.3, -0.25) is 9.59 Å². The Morgan fingerprint density at radius 1 is 1.39 bits per heavy atom. The van der Waals surface area contributed by atoms with Crippen LogP contribution in [0.25, 0.3) is 0 Å². The maximum Gasteiger partial charge on any atom is 0.305 e. The SMILES string of the molecule is CC(=O)NC1NN(c2ccccc2)C(=O)C1(O)O. The molecule has 0 saturated carbocycles. The zero-order chi connectivity index (χ0) is 13.3. The minimum absolute atomic E-state index is 0.447. The first-order chi connectivity index (χ1) is 8.43. The number of hydrazine groups is 1. The number of nitrogens with zero attached hydrogens (tertiary/aromatic N) is 1. The van der Waals surface area contributed by atoms with Gasteiger partial charge in [0.05, 0.1) is 5.69 Å². The van der Waals surface area contributed by atoms with Gasteiger partial charge in [0.15, 0.2) is 6.17 Å². The van der Waals surface area contributed by atoms with Crippen LogP contribution in [0, 0.1) is 0 Å². The first-order valence-electron chi connectivity index (χ1n) is 5.30. The number of rotatable bonds is 2. The highest BCUT2D eigenvalue weighted by Crippen LogP contribution is 2.23. The number of hydrogen-bond acceptors (Lipinski definition) is 5. The number of anilines is 1. The number of nitrogens with one attached hydrogen (secondary N) is 2. The Morgan fingerprint density at radius 3 is 2.56 bits per heavy atom. The van der Waals surface area contributed by atoms with Crippen LogP contribution in [-0.2, 0) is 9.59 Å². The monoisotopic (exact) mass is 251 g/mol. The van der Waals surface area contributed by atoms with Crippen molar-refractivity contribution in [3.8, 4) is 0 Å². The normalized spacial score (nSPS) is 22.1. The molecule has 0 bridgehead atoms. The highest BCUT2D eigenvalue weighted by atomic mass is 16.5. The molecule has 7 nitrogen and oxygen atoms in total. The van der Waals surface area contributed by atoms with Crippen LogP contribution in [0.4, 0.5) is 5.69 Å². The molecule has 0 aromatic heterocycles. The van der Waals surface area contributed by atoms with Gasteiger partial charge in [0.1, 0.15) is 0 Å². The van der Waals surface area contributed by atoms with E-state index in [2.05, 4.69) is 10.7 Å². The molecule has 1 aliphatic heterocycles. The molecule has 4 N–H and O–H groups in total. The van der Waals surface area contributed by atoms with Gasteiger partial charge in [-0.2, -0.15) is 5.43 Å². The van der Waals surface area contributed by atoms with E-state index in [4.69, 9.17) is 0 Å².